The number of hydrogen-bond donors (Lipinski definition) is 1. The number of nitro groups is 1. The Hall–Kier alpha value is -4.00. The largest absolute Gasteiger partial charge is 0.502 e. The van der Waals surface area contributed by atoms with Crippen LogP contribution in [-0.2, 0) is 6.42 Å². The molecule has 0 bridgehead atoms. The second kappa shape index (κ2) is 7.55. The summed E-state index contributed by atoms with van der Waals surface area (Å²) in [6.07, 6.45) is 2.31. The molecular formula is C22H17N3O4. The fourth-order valence-corrected chi connectivity index (χ4v) is 2.98. The van der Waals surface area contributed by atoms with Gasteiger partial charge in [0.05, 0.1) is 10.6 Å². The quantitative estimate of drug-likeness (QED) is 0.280. The van der Waals surface area contributed by atoms with E-state index in [2.05, 4.69) is 16.9 Å². The highest BCUT2D eigenvalue weighted by Crippen LogP contribution is 2.30. The summed E-state index contributed by atoms with van der Waals surface area (Å²) in [6, 6.07) is 17.5. The van der Waals surface area contributed by atoms with Crippen molar-refractivity contribution in [2.45, 2.75) is 13.3 Å². The van der Waals surface area contributed by atoms with Gasteiger partial charge in [-0.15, -0.1) is 0 Å². The normalized spacial score (nSPS) is 11.3. The highest BCUT2D eigenvalue weighted by molar-refractivity contribution is 5.87. The molecule has 1 N–H and O–H groups in total. The van der Waals surface area contributed by atoms with Crippen molar-refractivity contribution in [3.63, 3.8) is 0 Å². The number of aliphatic imine (C=N–C) groups is 1. The van der Waals surface area contributed by atoms with Gasteiger partial charge in [-0.25, -0.2) is 4.98 Å². The monoisotopic (exact) mass is 387 g/mol. The zero-order valence-electron chi connectivity index (χ0n) is 15.6. The minimum Gasteiger partial charge on any atom is -0.502 e. The average molecular weight is 387 g/mol. The van der Waals surface area contributed by atoms with E-state index in [0.717, 1.165) is 17.5 Å². The lowest BCUT2D eigenvalue weighted by molar-refractivity contribution is -0.385. The molecule has 4 aromatic rings. The topological polar surface area (TPSA) is 102 Å². The first-order valence-corrected chi connectivity index (χ1v) is 9.05. The van der Waals surface area contributed by atoms with E-state index in [-0.39, 0.29) is 11.3 Å². The van der Waals surface area contributed by atoms with Gasteiger partial charge < -0.3 is 9.52 Å². The van der Waals surface area contributed by atoms with Crippen molar-refractivity contribution in [3.8, 4) is 17.2 Å². The van der Waals surface area contributed by atoms with Gasteiger partial charge >= 0.3 is 5.69 Å². The number of nitrogens with zero attached hydrogens (tertiary/aromatic N) is 3. The molecule has 3 aromatic carbocycles. The molecule has 7 heteroatoms. The van der Waals surface area contributed by atoms with Crippen LogP contribution in [0.5, 0.6) is 5.75 Å². The maximum Gasteiger partial charge on any atom is 0.311 e. The van der Waals surface area contributed by atoms with Crippen LogP contribution in [0.1, 0.15) is 18.1 Å². The van der Waals surface area contributed by atoms with Crippen molar-refractivity contribution < 1.29 is 14.4 Å². The number of benzene rings is 3. The van der Waals surface area contributed by atoms with Gasteiger partial charge in [0, 0.05) is 23.4 Å². The molecule has 0 spiro atoms. The van der Waals surface area contributed by atoms with Crippen LogP contribution in [0.2, 0.25) is 0 Å². The molecule has 0 aliphatic rings. The molecule has 29 heavy (non-hydrogen) atoms. The van der Waals surface area contributed by atoms with E-state index >= 15 is 0 Å². The Morgan fingerprint density at radius 1 is 1.17 bits per heavy atom. The molecule has 4 rings (SSSR count). The zero-order chi connectivity index (χ0) is 20.4. The van der Waals surface area contributed by atoms with E-state index in [0.29, 0.717) is 17.2 Å². The van der Waals surface area contributed by atoms with Crippen LogP contribution in [0.25, 0.3) is 22.6 Å². The van der Waals surface area contributed by atoms with Crippen molar-refractivity contribution in [2.75, 3.05) is 0 Å². The molecule has 0 unspecified atom stereocenters. The Morgan fingerprint density at radius 2 is 2.00 bits per heavy atom. The number of rotatable bonds is 5. The van der Waals surface area contributed by atoms with Crippen molar-refractivity contribution in [1.29, 1.82) is 0 Å². The van der Waals surface area contributed by atoms with Gasteiger partial charge in [0.2, 0.25) is 11.6 Å². The number of phenolic OH excluding ortho intramolecular Hbond substituents is 1. The van der Waals surface area contributed by atoms with Crippen LogP contribution >= 0.6 is 0 Å². The Balaban J connectivity index is 1.65. The molecule has 0 fully saturated rings. The standard InChI is InChI=1S/C22H17N3O4/c1-2-14-9-10-20-18(11-14)24-22(29-20)15-5-3-7-17(12-15)23-13-16-6-4-8-19(21(16)26)25(27)28/h3-13,26H,2H2,1H3. The molecule has 0 aliphatic carbocycles. The minimum absolute atomic E-state index is 0.263. The zero-order valence-corrected chi connectivity index (χ0v) is 15.6. The first-order chi connectivity index (χ1) is 14.0. The summed E-state index contributed by atoms with van der Waals surface area (Å²) >= 11 is 0. The Bertz CT molecular complexity index is 1240. The summed E-state index contributed by atoms with van der Waals surface area (Å²) in [4.78, 5) is 19.2. The summed E-state index contributed by atoms with van der Waals surface area (Å²) in [5.41, 5.74) is 3.97. The van der Waals surface area contributed by atoms with Crippen molar-refractivity contribution >= 4 is 28.7 Å². The fourth-order valence-electron chi connectivity index (χ4n) is 2.98. The van der Waals surface area contributed by atoms with Crippen LogP contribution in [0.3, 0.4) is 0 Å². The smallest absolute Gasteiger partial charge is 0.311 e. The molecular weight excluding hydrogens is 370 g/mol. The number of oxazole rings is 1. The van der Waals surface area contributed by atoms with E-state index in [9.17, 15) is 15.2 Å². The molecule has 0 radical (unpaired) electrons. The lowest BCUT2D eigenvalue weighted by atomic mass is 10.1. The number of aromatic hydroxyl groups is 1. The second-order valence-corrected chi connectivity index (χ2v) is 6.46. The molecule has 0 saturated carbocycles. The predicted molar refractivity (Wildman–Crippen MR) is 111 cm³/mol. The number of phenols is 1. The third kappa shape index (κ3) is 3.70. The maximum absolute atomic E-state index is 10.9. The first-order valence-electron chi connectivity index (χ1n) is 9.05. The van der Waals surface area contributed by atoms with Gasteiger partial charge in [-0.1, -0.05) is 25.1 Å². The molecule has 7 nitrogen and oxygen atoms in total. The Kier molecular flexibility index (Phi) is 4.78. The summed E-state index contributed by atoms with van der Waals surface area (Å²) < 4.78 is 5.85. The van der Waals surface area contributed by atoms with Crippen LogP contribution < -0.4 is 0 Å². The molecule has 144 valence electrons. The Morgan fingerprint density at radius 3 is 2.79 bits per heavy atom. The van der Waals surface area contributed by atoms with Gasteiger partial charge in [0.1, 0.15) is 5.52 Å². The van der Waals surface area contributed by atoms with Crippen molar-refractivity contribution in [3.05, 3.63) is 81.9 Å². The number of fused-ring (bicyclic) bond motifs is 1. The van der Waals surface area contributed by atoms with Crippen LogP contribution in [0, 0.1) is 10.1 Å². The molecule has 0 amide bonds. The summed E-state index contributed by atoms with van der Waals surface area (Å²) in [7, 11) is 0. The molecule has 0 saturated heterocycles. The molecule has 0 atom stereocenters. The summed E-state index contributed by atoms with van der Waals surface area (Å²) in [5.74, 6) is 0.0755. The van der Waals surface area contributed by atoms with Gasteiger partial charge in [0.25, 0.3) is 0 Å². The van der Waals surface area contributed by atoms with Crippen molar-refractivity contribution in [2.24, 2.45) is 4.99 Å². The van der Waals surface area contributed by atoms with Crippen LogP contribution in [-0.4, -0.2) is 21.2 Å². The summed E-state index contributed by atoms with van der Waals surface area (Å²) in [6.45, 7) is 2.09. The van der Waals surface area contributed by atoms with Gasteiger partial charge in [-0.05, 0) is 48.4 Å². The van der Waals surface area contributed by atoms with E-state index in [1.165, 1.54) is 23.9 Å². The van der Waals surface area contributed by atoms with Crippen molar-refractivity contribution in [1.82, 2.24) is 4.98 Å². The molecule has 1 heterocycles. The highest BCUT2D eigenvalue weighted by atomic mass is 16.6. The number of para-hydroxylation sites is 1. The SMILES string of the molecule is CCc1ccc2oc(-c3cccc(N=Cc4cccc([N+](=O)[O-])c4O)c3)nc2c1. The number of hydrogen-bond acceptors (Lipinski definition) is 6. The average Bonchev–Trinajstić information content (AvgIpc) is 3.16. The van der Waals surface area contributed by atoms with Gasteiger partial charge in [0.15, 0.2) is 5.58 Å². The Labute approximate surface area is 166 Å². The molecule has 0 aliphatic heterocycles. The lowest BCUT2D eigenvalue weighted by Gasteiger charge is -2.00. The van der Waals surface area contributed by atoms with E-state index in [4.69, 9.17) is 4.42 Å². The van der Waals surface area contributed by atoms with E-state index < -0.39 is 10.7 Å². The summed E-state index contributed by atoms with van der Waals surface area (Å²) in [5, 5.41) is 21.0. The second-order valence-electron chi connectivity index (χ2n) is 6.46. The van der Waals surface area contributed by atoms with Crippen LogP contribution in [0.15, 0.2) is 70.1 Å². The van der Waals surface area contributed by atoms with E-state index in [1.54, 1.807) is 18.2 Å². The molecule has 1 aromatic heterocycles. The minimum atomic E-state index is -0.634. The maximum atomic E-state index is 10.9. The number of aryl methyl sites for hydroxylation is 1. The lowest BCUT2D eigenvalue weighted by Crippen LogP contribution is -1.91. The van der Waals surface area contributed by atoms with Gasteiger partial charge in [-0.2, -0.15) is 0 Å². The third-order valence-electron chi connectivity index (χ3n) is 4.55. The van der Waals surface area contributed by atoms with Gasteiger partial charge in [-0.3, -0.25) is 15.1 Å². The number of nitro benzene ring substituents is 1. The number of aromatic nitrogens is 1. The fraction of sp³-hybridized carbons (Fsp3) is 0.0909. The predicted octanol–water partition coefficient (Wildman–Crippen LogP) is 5.42. The first kappa shape index (κ1) is 18.4. The van der Waals surface area contributed by atoms with E-state index in [1.807, 2.05) is 30.3 Å². The van der Waals surface area contributed by atoms with Crippen LogP contribution in [0.4, 0.5) is 11.4 Å². The third-order valence-corrected chi connectivity index (χ3v) is 4.55. The highest BCUT2D eigenvalue weighted by Gasteiger charge is 2.15.